The van der Waals surface area contributed by atoms with Crippen LogP contribution in [0.4, 0.5) is 0 Å². The molecular weight excluding hydrogens is 242 g/mol. The number of oxime groups is 1. The van der Waals surface area contributed by atoms with Crippen molar-refractivity contribution in [2.24, 2.45) is 10.9 Å². The number of thiophene rings is 1. The Morgan fingerprint density at radius 1 is 1.50 bits per heavy atom. The summed E-state index contributed by atoms with van der Waals surface area (Å²) in [6.45, 7) is 0. The monoisotopic (exact) mass is 251 g/mol. The topological polar surface area (TPSA) is 71.5 Å². The number of amidine groups is 1. The SMILES string of the molecule is N/C(=N/O)c1ccncc1Sc1cccs1. The lowest BCUT2D eigenvalue weighted by Gasteiger charge is -2.05. The van der Waals surface area contributed by atoms with Crippen LogP contribution in [-0.2, 0) is 0 Å². The first kappa shape index (κ1) is 11.0. The van der Waals surface area contributed by atoms with Crippen LogP contribution in [0.15, 0.2) is 50.2 Å². The van der Waals surface area contributed by atoms with Crippen molar-refractivity contribution in [1.29, 1.82) is 0 Å². The van der Waals surface area contributed by atoms with Gasteiger partial charge in [-0.25, -0.2) is 0 Å². The Labute approximate surface area is 101 Å². The highest BCUT2D eigenvalue weighted by molar-refractivity contribution is 8.01. The van der Waals surface area contributed by atoms with Crippen molar-refractivity contribution in [2.45, 2.75) is 9.10 Å². The summed E-state index contributed by atoms with van der Waals surface area (Å²) in [6, 6.07) is 5.72. The van der Waals surface area contributed by atoms with Crippen molar-refractivity contribution in [3.63, 3.8) is 0 Å². The summed E-state index contributed by atoms with van der Waals surface area (Å²) in [5.41, 5.74) is 6.28. The second-order valence-electron chi connectivity index (χ2n) is 2.89. The van der Waals surface area contributed by atoms with Crippen molar-refractivity contribution in [3.8, 4) is 0 Å². The molecule has 0 aliphatic rings. The number of hydrogen-bond donors (Lipinski definition) is 2. The van der Waals surface area contributed by atoms with Crippen molar-refractivity contribution < 1.29 is 5.21 Å². The highest BCUT2D eigenvalue weighted by atomic mass is 32.2. The van der Waals surface area contributed by atoms with E-state index in [2.05, 4.69) is 10.1 Å². The Morgan fingerprint density at radius 2 is 2.38 bits per heavy atom. The fourth-order valence-electron chi connectivity index (χ4n) is 1.16. The zero-order chi connectivity index (χ0) is 11.4. The highest BCUT2D eigenvalue weighted by Crippen LogP contribution is 2.32. The first-order chi connectivity index (χ1) is 7.81. The molecule has 2 aromatic heterocycles. The largest absolute Gasteiger partial charge is 0.409 e. The average Bonchev–Trinajstić information content (AvgIpc) is 2.82. The molecule has 6 heteroatoms. The van der Waals surface area contributed by atoms with E-state index in [9.17, 15) is 0 Å². The fraction of sp³-hybridized carbons (Fsp3) is 0. The molecule has 0 aliphatic carbocycles. The third kappa shape index (κ3) is 2.34. The number of aromatic nitrogens is 1. The molecule has 2 rings (SSSR count). The minimum absolute atomic E-state index is 0.0986. The van der Waals surface area contributed by atoms with Gasteiger partial charge in [0, 0.05) is 22.9 Å². The Bertz CT molecular complexity index is 497. The van der Waals surface area contributed by atoms with Crippen LogP contribution in [0, 0.1) is 0 Å². The summed E-state index contributed by atoms with van der Waals surface area (Å²) in [5, 5.41) is 13.7. The normalized spacial score (nSPS) is 11.6. The molecule has 0 saturated heterocycles. The number of pyridine rings is 1. The van der Waals surface area contributed by atoms with Crippen LogP contribution in [0.3, 0.4) is 0 Å². The van der Waals surface area contributed by atoms with E-state index < -0.39 is 0 Å². The molecule has 0 radical (unpaired) electrons. The van der Waals surface area contributed by atoms with Gasteiger partial charge in [-0.1, -0.05) is 23.0 Å². The minimum Gasteiger partial charge on any atom is -0.409 e. The van der Waals surface area contributed by atoms with E-state index in [0.29, 0.717) is 5.56 Å². The van der Waals surface area contributed by atoms with Crippen molar-refractivity contribution in [1.82, 2.24) is 4.98 Å². The molecule has 0 atom stereocenters. The van der Waals surface area contributed by atoms with Crippen LogP contribution in [-0.4, -0.2) is 16.0 Å². The van der Waals surface area contributed by atoms with E-state index in [4.69, 9.17) is 10.9 Å². The average molecular weight is 251 g/mol. The zero-order valence-corrected chi connectivity index (χ0v) is 9.83. The molecule has 4 nitrogen and oxygen atoms in total. The molecule has 16 heavy (non-hydrogen) atoms. The number of hydrogen-bond acceptors (Lipinski definition) is 5. The highest BCUT2D eigenvalue weighted by Gasteiger charge is 2.08. The summed E-state index contributed by atoms with van der Waals surface area (Å²) in [5.74, 6) is 0.0986. The molecule has 0 fully saturated rings. The summed E-state index contributed by atoms with van der Waals surface area (Å²) in [7, 11) is 0. The lowest BCUT2D eigenvalue weighted by molar-refractivity contribution is 0.318. The maximum Gasteiger partial charge on any atom is 0.171 e. The fourth-order valence-corrected chi connectivity index (χ4v) is 2.99. The Morgan fingerprint density at radius 3 is 3.06 bits per heavy atom. The second kappa shape index (κ2) is 5.00. The zero-order valence-electron chi connectivity index (χ0n) is 8.20. The molecule has 2 aromatic rings. The van der Waals surface area contributed by atoms with Crippen LogP contribution >= 0.6 is 23.1 Å². The smallest absolute Gasteiger partial charge is 0.171 e. The number of nitrogens with zero attached hydrogens (tertiary/aromatic N) is 2. The van der Waals surface area contributed by atoms with Gasteiger partial charge in [-0.15, -0.1) is 11.3 Å². The van der Waals surface area contributed by atoms with Crippen LogP contribution < -0.4 is 5.73 Å². The molecule has 0 spiro atoms. The van der Waals surface area contributed by atoms with E-state index in [-0.39, 0.29) is 5.84 Å². The third-order valence-corrected chi connectivity index (χ3v) is 3.96. The van der Waals surface area contributed by atoms with Gasteiger partial charge in [0.25, 0.3) is 0 Å². The van der Waals surface area contributed by atoms with E-state index in [1.54, 1.807) is 41.6 Å². The number of rotatable bonds is 3. The van der Waals surface area contributed by atoms with E-state index in [1.165, 1.54) is 0 Å². The first-order valence-electron chi connectivity index (χ1n) is 4.44. The molecule has 0 aliphatic heterocycles. The summed E-state index contributed by atoms with van der Waals surface area (Å²) in [6.07, 6.45) is 3.32. The van der Waals surface area contributed by atoms with Crippen molar-refractivity contribution in [2.75, 3.05) is 0 Å². The van der Waals surface area contributed by atoms with Gasteiger partial charge in [-0.2, -0.15) is 0 Å². The van der Waals surface area contributed by atoms with Crippen LogP contribution in [0.2, 0.25) is 0 Å². The predicted molar refractivity (Wildman–Crippen MR) is 65.2 cm³/mol. The molecule has 82 valence electrons. The van der Waals surface area contributed by atoms with Crippen molar-refractivity contribution >= 4 is 28.9 Å². The molecule has 0 bridgehead atoms. The van der Waals surface area contributed by atoms with E-state index in [1.807, 2.05) is 17.5 Å². The lowest BCUT2D eigenvalue weighted by Crippen LogP contribution is -2.14. The molecular formula is C10H9N3OS2. The standard InChI is InChI=1S/C10H9N3OS2/c11-10(13-14)7-3-4-12-6-8(7)16-9-2-1-5-15-9/h1-6,14H,(H2,11,13). The van der Waals surface area contributed by atoms with Gasteiger partial charge in [0.15, 0.2) is 5.84 Å². The van der Waals surface area contributed by atoms with Gasteiger partial charge in [0.05, 0.1) is 4.21 Å². The van der Waals surface area contributed by atoms with Crippen molar-refractivity contribution in [3.05, 3.63) is 41.5 Å². The lowest BCUT2D eigenvalue weighted by atomic mass is 10.2. The van der Waals surface area contributed by atoms with Gasteiger partial charge in [0.2, 0.25) is 0 Å². The van der Waals surface area contributed by atoms with Gasteiger partial charge in [0.1, 0.15) is 0 Å². The maximum atomic E-state index is 8.67. The molecule has 2 heterocycles. The van der Waals surface area contributed by atoms with Gasteiger partial charge in [-0.05, 0) is 17.5 Å². The quantitative estimate of drug-likeness (QED) is 0.380. The van der Waals surface area contributed by atoms with Gasteiger partial charge >= 0.3 is 0 Å². The maximum absolute atomic E-state index is 8.67. The summed E-state index contributed by atoms with van der Waals surface area (Å²) >= 11 is 3.19. The molecule has 0 aromatic carbocycles. The molecule has 0 amide bonds. The second-order valence-corrected chi connectivity index (χ2v) is 5.18. The molecule has 3 N–H and O–H groups in total. The number of nitrogens with two attached hydrogens (primary N) is 1. The first-order valence-corrected chi connectivity index (χ1v) is 6.14. The van der Waals surface area contributed by atoms with Gasteiger partial charge in [-0.3, -0.25) is 4.98 Å². The van der Waals surface area contributed by atoms with E-state index >= 15 is 0 Å². The van der Waals surface area contributed by atoms with Crippen LogP contribution in [0.1, 0.15) is 5.56 Å². The Kier molecular flexibility index (Phi) is 3.43. The van der Waals surface area contributed by atoms with Crippen LogP contribution in [0.25, 0.3) is 0 Å². The molecule has 0 unspecified atom stereocenters. The predicted octanol–water partition coefficient (Wildman–Crippen LogP) is 2.39. The minimum atomic E-state index is 0.0986. The van der Waals surface area contributed by atoms with Crippen LogP contribution in [0.5, 0.6) is 0 Å². The summed E-state index contributed by atoms with van der Waals surface area (Å²) < 4.78 is 1.14. The molecule has 0 saturated carbocycles. The Hall–Kier alpha value is -1.53. The summed E-state index contributed by atoms with van der Waals surface area (Å²) in [4.78, 5) is 4.91. The van der Waals surface area contributed by atoms with Gasteiger partial charge < -0.3 is 10.9 Å². The third-order valence-electron chi connectivity index (χ3n) is 1.87. The Balaban J connectivity index is 2.34. The van der Waals surface area contributed by atoms with E-state index in [0.717, 1.165) is 9.10 Å².